The van der Waals surface area contributed by atoms with Crippen LogP contribution < -0.4 is 4.90 Å². The molecule has 5 heteroatoms. The van der Waals surface area contributed by atoms with Gasteiger partial charge in [-0.25, -0.2) is 0 Å². The number of benzene rings is 2. The Morgan fingerprint density at radius 3 is 2.25 bits per heavy atom. The number of hydrogen-bond donors (Lipinski definition) is 3. The fourth-order valence-corrected chi connectivity index (χ4v) is 1.98. The molecule has 0 aliphatic carbocycles. The Morgan fingerprint density at radius 1 is 1.00 bits per heavy atom. The van der Waals surface area contributed by atoms with Crippen molar-refractivity contribution in [2.75, 3.05) is 19.0 Å². The van der Waals surface area contributed by atoms with Crippen molar-refractivity contribution < 1.29 is 20.1 Å². The van der Waals surface area contributed by atoms with Gasteiger partial charge in [0.05, 0.1) is 16.8 Å². The molecule has 0 saturated heterocycles. The van der Waals surface area contributed by atoms with E-state index in [4.69, 9.17) is 0 Å². The molecule has 0 spiro atoms. The summed E-state index contributed by atoms with van der Waals surface area (Å²) in [7, 11) is 3.38. The topological polar surface area (TPSA) is 81.0 Å². The first-order valence-electron chi connectivity index (χ1n) is 5.98. The van der Waals surface area contributed by atoms with Gasteiger partial charge < -0.3 is 20.2 Å². The lowest BCUT2D eigenvalue weighted by atomic mass is 9.99. The number of rotatable bonds is 3. The van der Waals surface area contributed by atoms with E-state index in [9.17, 15) is 20.1 Å². The summed E-state index contributed by atoms with van der Waals surface area (Å²) in [5.41, 5.74) is 0.502. The van der Waals surface area contributed by atoms with E-state index in [-0.39, 0.29) is 28.4 Å². The maximum absolute atomic E-state index is 12.5. The van der Waals surface area contributed by atoms with Crippen LogP contribution in [0.3, 0.4) is 0 Å². The van der Waals surface area contributed by atoms with Crippen molar-refractivity contribution in [3.63, 3.8) is 0 Å². The number of para-hydroxylation sites is 1. The lowest BCUT2D eigenvalue weighted by Gasteiger charge is -2.18. The summed E-state index contributed by atoms with van der Waals surface area (Å²) < 4.78 is 0. The summed E-state index contributed by atoms with van der Waals surface area (Å²) in [4.78, 5) is 14.1. The number of carbonyl (C=O) groups is 1. The van der Waals surface area contributed by atoms with Crippen LogP contribution in [-0.2, 0) is 0 Å². The Hall–Kier alpha value is -2.69. The molecule has 104 valence electrons. The molecule has 0 aliphatic rings. The Balaban J connectivity index is 2.64. The van der Waals surface area contributed by atoms with Crippen LogP contribution in [0.15, 0.2) is 36.4 Å². The maximum atomic E-state index is 12.5. The molecule has 0 saturated carbocycles. The molecule has 2 rings (SSSR count). The van der Waals surface area contributed by atoms with E-state index in [1.54, 1.807) is 31.1 Å². The minimum absolute atomic E-state index is 0.0364. The average Bonchev–Trinajstić information content (AvgIpc) is 2.37. The smallest absolute Gasteiger partial charge is 0.202 e. The molecule has 5 nitrogen and oxygen atoms in total. The van der Waals surface area contributed by atoms with Crippen molar-refractivity contribution in [2.24, 2.45) is 0 Å². The number of nitrogens with zero attached hydrogens (tertiary/aromatic N) is 1. The van der Waals surface area contributed by atoms with Crippen LogP contribution in [0.2, 0.25) is 0 Å². The van der Waals surface area contributed by atoms with Gasteiger partial charge in [0.15, 0.2) is 0 Å². The van der Waals surface area contributed by atoms with Gasteiger partial charge in [-0.2, -0.15) is 0 Å². The first-order valence-corrected chi connectivity index (χ1v) is 5.98. The number of aromatic hydroxyl groups is 3. The third-order valence-corrected chi connectivity index (χ3v) is 2.94. The molecule has 0 radical (unpaired) electrons. The summed E-state index contributed by atoms with van der Waals surface area (Å²) in [5, 5.41) is 29.2. The number of anilines is 1. The van der Waals surface area contributed by atoms with Crippen LogP contribution in [0.5, 0.6) is 17.2 Å². The lowest BCUT2D eigenvalue weighted by molar-refractivity contribution is 0.103. The Labute approximate surface area is 116 Å². The summed E-state index contributed by atoms with van der Waals surface area (Å²) in [6.45, 7) is 0. The van der Waals surface area contributed by atoms with E-state index in [0.717, 1.165) is 6.07 Å². The third kappa shape index (κ3) is 2.38. The van der Waals surface area contributed by atoms with E-state index < -0.39 is 5.78 Å². The molecule has 2 aromatic carbocycles. The lowest BCUT2D eigenvalue weighted by Crippen LogP contribution is -2.14. The monoisotopic (exact) mass is 273 g/mol. The molecule has 0 unspecified atom stereocenters. The fourth-order valence-electron chi connectivity index (χ4n) is 1.98. The van der Waals surface area contributed by atoms with Gasteiger partial charge in [0.1, 0.15) is 17.2 Å². The normalized spacial score (nSPS) is 10.3. The molecular formula is C15H15NO4. The van der Waals surface area contributed by atoms with Crippen LogP contribution in [0.1, 0.15) is 15.9 Å². The summed E-state index contributed by atoms with van der Waals surface area (Å²) in [6.07, 6.45) is 0. The number of carbonyl (C=O) groups excluding carboxylic acids is 1. The van der Waals surface area contributed by atoms with Gasteiger partial charge >= 0.3 is 0 Å². The fraction of sp³-hybridized carbons (Fsp3) is 0.133. The summed E-state index contributed by atoms with van der Waals surface area (Å²) >= 11 is 0. The largest absolute Gasteiger partial charge is 0.508 e. The van der Waals surface area contributed by atoms with Crippen molar-refractivity contribution in [1.82, 2.24) is 0 Å². The molecule has 0 aromatic heterocycles. The van der Waals surface area contributed by atoms with Gasteiger partial charge in [-0.3, -0.25) is 4.79 Å². The second kappa shape index (κ2) is 5.13. The molecule has 0 atom stereocenters. The van der Waals surface area contributed by atoms with Crippen LogP contribution in [0.25, 0.3) is 0 Å². The quantitative estimate of drug-likeness (QED) is 0.746. The highest BCUT2D eigenvalue weighted by Crippen LogP contribution is 2.35. The molecule has 0 fully saturated rings. The second-order valence-corrected chi connectivity index (χ2v) is 4.60. The predicted molar refractivity (Wildman–Crippen MR) is 75.6 cm³/mol. The molecule has 0 bridgehead atoms. The maximum Gasteiger partial charge on any atom is 0.202 e. The standard InChI is InChI=1S/C15H15NO4/c1-16(2)11-7-9(17)8-13(19)14(11)15(20)10-5-3-4-6-12(10)18/h3-8,17-19H,1-2H3. The van der Waals surface area contributed by atoms with Crippen LogP contribution in [0.4, 0.5) is 5.69 Å². The van der Waals surface area contributed by atoms with E-state index >= 15 is 0 Å². The highest BCUT2D eigenvalue weighted by molar-refractivity contribution is 6.15. The number of phenols is 3. The summed E-state index contributed by atoms with van der Waals surface area (Å²) in [5.74, 6) is -1.14. The molecule has 2 aromatic rings. The van der Waals surface area contributed by atoms with E-state index in [2.05, 4.69) is 0 Å². The molecule has 20 heavy (non-hydrogen) atoms. The van der Waals surface area contributed by atoms with Gasteiger partial charge in [-0.05, 0) is 12.1 Å². The van der Waals surface area contributed by atoms with Crippen LogP contribution >= 0.6 is 0 Å². The van der Waals surface area contributed by atoms with E-state index in [0.29, 0.717) is 5.69 Å². The number of ketones is 1. The van der Waals surface area contributed by atoms with Crippen molar-refractivity contribution in [3.05, 3.63) is 47.5 Å². The van der Waals surface area contributed by atoms with Crippen LogP contribution in [0, 0.1) is 0 Å². The SMILES string of the molecule is CN(C)c1cc(O)cc(O)c1C(=O)c1ccccc1O. The zero-order chi connectivity index (χ0) is 14.9. The third-order valence-electron chi connectivity index (χ3n) is 2.94. The van der Waals surface area contributed by atoms with E-state index in [1.165, 1.54) is 18.2 Å². The number of phenolic OH excluding ortho intramolecular Hbond substituents is 3. The zero-order valence-corrected chi connectivity index (χ0v) is 11.2. The van der Waals surface area contributed by atoms with Crippen molar-refractivity contribution in [3.8, 4) is 17.2 Å². The van der Waals surface area contributed by atoms with Crippen LogP contribution in [-0.4, -0.2) is 35.2 Å². The van der Waals surface area contributed by atoms with Crippen molar-refractivity contribution in [1.29, 1.82) is 0 Å². The van der Waals surface area contributed by atoms with Crippen molar-refractivity contribution >= 4 is 11.5 Å². The minimum Gasteiger partial charge on any atom is -0.508 e. The summed E-state index contributed by atoms with van der Waals surface area (Å²) in [6, 6.07) is 8.59. The first kappa shape index (κ1) is 13.7. The molecule has 3 N–H and O–H groups in total. The molecule has 0 heterocycles. The van der Waals surface area contributed by atoms with Gasteiger partial charge in [0.25, 0.3) is 0 Å². The number of hydrogen-bond acceptors (Lipinski definition) is 5. The molecule has 0 aliphatic heterocycles. The van der Waals surface area contributed by atoms with Gasteiger partial charge in [0, 0.05) is 26.2 Å². The average molecular weight is 273 g/mol. The highest BCUT2D eigenvalue weighted by Gasteiger charge is 2.22. The minimum atomic E-state index is -0.510. The van der Waals surface area contributed by atoms with Crippen molar-refractivity contribution in [2.45, 2.75) is 0 Å². The Morgan fingerprint density at radius 2 is 1.65 bits per heavy atom. The second-order valence-electron chi connectivity index (χ2n) is 4.60. The first-order chi connectivity index (χ1) is 9.41. The highest BCUT2D eigenvalue weighted by atomic mass is 16.3. The van der Waals surface area contributed by atoms with Gasteiger partial charge in [0.2, 0.25) is 5.78 Å². The Bertz CT molecular complexity index is 665. The molecule has 0 amide bonds. The van der Waals surface area contributed by atoms with Gasteiger partial charge in [-0.15, -0.1) is 0 Å². The molecular weight excluding hydrogens is 258 g/mol. The van der Waals surface area contributed by atoms with E-state index in [1.807, 2.05) is 0 Å². The Kier molecular flexibility index (Phi) is 3.52. The predicted octanol–water partition coefficient (Wildman–Crippen LogP) is 2.10. The zero-order valence-electron chi connectivity index (χ0n) is 11.2. The van der Waals surface area contributed by atoms with Gasteiger partial charge in [-0.1, -0.05) is 12.1 Å².